The standard InChI is InChI=1S/C18H18F2N6O/c1-12-23-16(11-17(24-12)26-8-2-3-9-26)21-6-7-22-18(27)25-13-4-5-14(19)15(20)10-13/h2-5,8-11H,6-7H2,1H3,(H,21,23,24)(H2,22,25,27). The second-order valence-electron chi connectivity index (χ2n) is 5.69. The number of aryl methyl sites for hydroxylation is 1. The Bertz CT molecular complexity index is 930. The molecule has 0 unspecified atom stereocenters. The van der Waals surface area contributed by atoms with Crippen molar-refractivity contribution in [2.24, 2.45) is 0 Å². The molecule has 140 valence electrons. The maximum Gasteiger partial charge on any atom is 0.319 e. The number of nitrogens with zero attached hydrogens (tertiary/aromatic N) is 3. The zero-order chi connectivity index (χ0) is 19.2. The third-order valence-electron chi connectivity index (χ3n) is 3.59. The van der Waals surface area contributed by atoms with E-state index < -0.39 is 17.7 Å². The molecule has 2 amide bonds. The van der Waals surface area contributed by atoms with Gasteiger partial charge in [-0.25, -0.2) is 23.5 Å². The summed E-state index contributed by atoms with van der Waals surface area (Å²) in [6, 6.07) is 8.23. The highest BCUT2D eigenvalue weighted by Crippen LogP contribution is 2.13. The average Bonchev–Trinajstić information content (AvgIpc) is 3.16. The topological polar surface area (TPSA) is 83.9 Å². The molecule has 2 aromatic heterocycles. The molecular weight excluding hydrogens is 354 g/mol. The highest BCUT2D eigenvalue weighted by molar-refractivity contribution is 5.89. The number of benzene rings is 1. The number of aromatic nitrogens is 3. The van der Waals surface area contributed by atoms with E-state index in [1.807, 2.05) is 29.1 Å². The molecule has 7 nitrogen and oxygen atoms in total. The van der Waals surface area contributed by atoms with Crippen LogP contribution in [0.3, 0.4) is 0 Å². The lowest BCUT2D eigenvalue weighted by molar-refractivity contribution is 0.252. The van der Waals surface area contributed by atoms with Gasteiger partial charge in [0.15, 0.2) is 11.6 Å². The van der Waals surface area contributed by atoms with Gasteiger partial charge in [0, 0.05) is 43.3 Å². The van der Waals surface area contributed by atoms with E-state index in [1.165, 1.54) is 6.07 Å². The van der Waals surface area contributed by atoms with Gasteiger partial charge in [0.1, 0.15) is 17.5 Å². The van der Waals surface area contributed by atoms with Gasteiger partial charge in [-0.2, -0.15) is 0 Å². The zero-order valence-corrected chi connectivity index (χ0v) is 14.5. The second kappa shape index (κ2) is 8.26. The van der Waals surface area contributed by atoms with Gasteiger partial charge < -0.3 is 20.5 Å². The Kier molecular flexibility index (Phi) is 5.60. The lowest BCUT2D eigenvalue weighted by atomic mass is 10.3. The van der Waals surface area contributed by atoms with Crippen LogP contribution >= 0.6 is 0 Å². The molecule has 0 aliphatic carbocycles. The summed E-state index contributed by atoms with van der Waals surface area (Å²) in [4.78, 5) is 20.5. The van der Waals surface area contributed by atoms with Gasteiger partial charge in [0.05, 0.1) is 0 Å². The zero-order valence-electron chi connectivity index (χ0n) is 14.5. The lowest BCUT2D eigenvalue weighted by Gasteiger charge is -2.11. The number of urea groups is 1. The van der Waals surface area contributed by atoms with Crippen LogP contribution < -0.4 is 16.0 Å². The third kappa shape index (κ3) is 5.00. The van der Waals surface area contributed by atoms with Crippen molar-refractivity contribution >= 4 is 17.5 Å². The molecule has 0 fully saturated rings. The minimum atomic E-state index is -1.02. The monoisotopic (exact) mass is 372 g/mol. The van der Waals surface area contributed by atoms with Crippen LogP contribution in [0.15, 0.2) is 48.8 Å². The van der Waals surface area contributed by atoms with E-state index in [1.54, 1.807) is 13.0 Å². The number of nitrogens with one attached hydrogen (secondary N) is 3. The van der Waals surface area contributed by atoms with E-state index in [2.05, 4.69) is 25.9 Å². The van der Waals surface area contributed by atoms with Crippen LogP contribution in [0, 0.1) is 18.6 Å². The van der Waals surface area contributed by atoms with Gasteiger partial charge in [0.2, 0.25) is 0 Å². The van der Waals surface area contributed by atoms with Crippen molar-refractivity contribution in [1.29, 1.82) is 0 Å². The Labute approximate surface area is 154 Å². The first kappa shape index (κ1) is 18.3. The Morgan fingerprint density at radius 3 is 2.59 bits per heavy atom. The molecule has 0 bridgehead atoms. The van der Waals surface area contributed by atoms with Gasteiger partial charge >= 0.3 is 6.03 Å². The van der Waals surface area contributed by atoms with Crippen LogP contribution in [0.1, 0.15) is 5.82 Å². The molecule has 0 saturated carbocycles. The average molecular weight is 372 g/mol. The van der Waals surface area contributed by atoms with Gasteiger partial charge in [-0.05, 0) is 31.2 Å². The van der Waals surface area contributed by atoms with E-state index in [0.717, 1.165) is 18.0 Å². The molecule has 0 radical (unpaired) electrons. The molecule has 0 aliphatic heterocycles. The SMILES string of the molecule is Cc1nc(NCCNC(=O)Nc2ccc(F)c(F)c2)cc(-n2cccc2)n1. The first-order valence-corrected chi connectivity index (χ1v) is 8.24. The van der Waals surface area contributed by atoms with Gasteiger partial charge in [-0.15, -0.1) is 0 Å². The Morgan fingerprint density at radius 2 is 1.85 bits per heavy atom. The second-order valence-corrected chi connectivity index (χ2v) is 5.69. The number of hydrogen-bond acceptors (Lipinski definition) is 4. The van der Waals surface area contributed by atoms with E-state index in [0.29, 0.717) is 24.7 Å². The number of hydrogen-bond donors (Lipinski definition) is 3. The molecule has 3 aromatic rings. The summed E-state index contributed by atoms with van der Waals surface area (Å²) >= 11 is 0. The predicted molar refractivity (Wildman–Crippen MR) is 98.0 cm³/mol. The third-order valence-corrected chi connectivity index (χ3v) is 3.59. The maximum atomic E-state index is 13.1. The summed E-state index contributed by atoms with van der Waals surface area (Å²) in [5.74, 6) is -0.00234. The molecule has 0 aliphatic rings. The van der Waals surface area contributed by atoms with Crippen molar-refractivity contribution in [2.75, 3.05) is 23.7 Å². The molecule has 0 atom stereocenters. The first-order valence-electron chi connectivity index (χ1n) is 8.24. The quantitative estimate of drug-likeness (QED) is 0.581. The van der Waals surface area contributed by atoms with Gasteiger partial charge in [0.25, 0.3) is 0 Å². The highest BCUT2D eigenvalue weighted by atomic mass is 19.2. The highest BCUT2D eigenvalue weighted by Gasteiger charge is 2.06. The Balaban J connectivity index is 1.48. The van der Waals surface area contributed by atoms with E-state index >= 15 is 0 Å². The Hall–Kier alpha value is -3.49. The summed E-state index contributed by atoms with van der Waals surface area (Å²) < 4.78 is 27.9. The summed E-state index contributed by atoms with van der Waals surface area (Å²) in [5.41, 5.74) is 0.169. The van der Waals surface area contributed by atoms with Crippen LogP contribution in [0.2, 0.25) is 0 Å². The number of carbonyl (C=O) groups is 1. The Morgan fingerprint density at radius 1 is 1.07 bits per heavy atom. The largest absolute Gasteiger partial charge is 0.368 e. The van der Waals surface area contributed by atoms with E-state index in [9.17, 15) is 13.6 Å². The normalized spacial score (nSPS) is 10.5. The molecule has 0 saturated heterocycles. The van der Waals surface area contributed by atoms with Crippen LogP contribution in [0.5, 0.6) is 0 Å². The predicted octanol–water partition coefficient (Wildman–Crippen LogP) is 3.09. The van der Waals surface area contributed by atoms with Gasteiger partial charge in [-0.3, -0.25) is 0 Å². The van der Waals surface area contributed by atoms with Crippen molar-refractivity contribution in [1.82, 2.24) is 19.9 Å². The van der Waals surface area contributed by atoms with Crippen molar-refractivity contribution in [3.05, 3.63) is 66.3 Å². The van der Waals surface area contributed by atoms with E-state index in [-0.39, 0.29) is 5.69 Å². The van der Waals surface area contributed by atoms with Crippen molar-refractivity contribution in [3.63, 3.8) is 0 Å². The summed E-state index contributed by atoms with van der Waals surface area (Å²) in [6.07, 6.45) is 3.77. The smallest absolute Gasteiger partial charge is 0.319 e. The summed E-state index contributed by atoms with van der Waals surface area (Å²) in [7, 11) is 0. The summed E-state index contributed by atoms with van der Waals surface area (Å²) in [6.45, 7) is 2.52. The lowest BCUT2D eigenvalue weighted by Crippen LogP contribution is -2.32. The van der Waals surface area contributed by atoms with Crippen LogP contribution in [0.25, 0.3) is 5.82 Å². The van der Waals surface area contributed by atoms with Crippen LogP contribution in [0.4, 0.5) is 25.1 Å². The molecule has 9 heteroatoms. The fourth-order valence-electron chi connectivity index (χ4n) is 2.38. The molecule has 0 spiro atoms. The van der Waals surface area contributed by atoms with E-state index in [4.69, 9.17) is 0 Å². The summed E-state index contributed by atoms with van der Waals surface area (Å²) in [5, 5.41) is 8.15. The number of halogens is 2. The molecule has 2 heterocycles. The molecule has 3 N–H and O–H groups in total. The van der Waals surface area contributed by atoms with Crippen molar-refractivity contribution in [2.45, 2.75) is 6.92 Å². The number of amides is 2. The fourth-order valence-corrected chi connectivity index (χ4v) is 2.38. The minimum absolute atomic E-state index is 0.169. The molecule has 1 aromatic carbocycles. The molecule has 27 heavy (non-hydrogen) atoms. The van der Waals surface area contributed by atoms with Crippen molar-refractivity contribution in [3.8, 4) is 5.82 Å². The van der Waals surface area contributed by atoms with Gasteiger partial charge in [-0.1, -0.05) is 0 Å². The maximum absolute atomic E-state index is 13.1. The number of anilines is 2. The molecule has 3 rings (SSSR count). The number of carbonyl (C=O) groups excluding carboxylic acids is 1. The molecular formula is C18H18F2N6O. The number of rotatable bonds is 6. The minimum Gasteiger partial charge on any atom is -0.368 e. The van der Waals surface area contributed by atoms with Crippen LogP contribution in [-0.2, 0) is 0 Å². The fraction of sp³-hybridized carbons (Fsp3) is 0.167. The first-order chi connectivity index (χ1) is 13.0. The van der Waals surface area contributed by atoms with Crippen molar-refractivity contribution < 1.29 is 13.6 Å². The van der Waals surface area contributed by atoms with Crippen LogP contribution in [-0.4, -0.2) is 33.7 Å².